The smallest absolute Gasteiger partial charge is 0.253 e. The third-order valence-electron chi connectivity index (χ3n) is 3.03. The van der Waals surface area contributed by atoms with E-state index in [2.05, 4.69) is 10.6 Å². The van der Waals surface area contributed by atoms with Gasteiger partial charge in [0, 0.05) is 19.5 Å². The van der Waals surface area contributed by atoms with Crippen LogP contribution in [0.3, 0.4) is 0 Å². The van der Waals surface area contributed by atoms with E-state index < -0.39 is 10.7 Å². The van der Waals surface area contributed by atoms with Crippen molar-refractivity contribution in [2.24, 2.45) is 0 Å². The number of benzene rings is 1. The van der Waals surface area contributed by atoms with Crippen molar-refractivity contribution in [3.63, 3.8) is 0 Å². The highest BCUT2D eigenvalue weighted by Crippen LogP contribution is 2.27. The molecule has 0 aliphatic carbocycles. The van der Waals surface area contributed by atoms with Gasteiger partial charge in [-0.25, -0.2) is 0 Å². The molecule has 0 fully saturated rings. The van der Waals surface area contributed by atoms with Crippen LogP contribution < -0.4 is 20.1 Å². The number of alkyl halides is 2. The third-order valence-corrected chi connectivity index (χ3v) is 3.43. The van der Waals surface area contributed by atoms with Crippen LogP contribution in [-0.4, -0.2) is 44.0 Å². The normalized spacial score (nSPS) is 10.3. The number of hydrogen-bond donors (Lipinski definition) is 2. The molecule has 0 radical (unpaired) electrons. The van der Waals surface area contributed by atoms with Crippen molar-refractivity contribution in [2.45, 2.75) is 17.7 Å². The van der Waals surface area contributed by atoms with Crippen molar-refractivity contribution in [2.75, 3.05) is 27.3 Å². The van der Waals surface area contributed by atoms with Crippen LogP contribution in [0.25, 0.3) is 0 Å². The molecule has 0 aromatic heterocycles. The topological polar surface area (TPSA) is 76.7 Å². The molecule has 0 saturated carbocycles. The fraction of sp³-hybridized carbons (Fsp3) is 0.467. The number of halogens is 2. The average Bonchev–Trinajstić information content (AvgIpc) is 2.56. The largest absolute Gasteiger partial charge is 0.493 e. The number of carbonyl (C=O) groups excluding carboxylic acids is 2. The number of nitrogens with one attached hydrogen (secondary N) is 2. The van der Waals surface area contributed by atoms with Gasteiger partial charge in [0.15, 0.2) is 16.3 Å². The van der Waals surface area contributed by atoms with Crippen molar-refractivity contribution in [3.05, 3.63) is 23.8 Å². The van der Waals surface area contributed by atoms with E-state index in [1.54, 1.807) is 20.3 Å². The second kappa shape index (κ2) is 10.2. The number of amides is 2. The lowest BCUT2D eigenvalue weighted by molar-refractivity contribution is -0.122. The van der Waals surface area contributed by atoms with E-state index >= 15 is 0 Å². The van der Waals surface area contributed by atoms with Gasteiger partial charge < -0.3 is 20.1 Å². The summed E-state index contributed by atoms with van der Waals surface area (Å²) in [6, 6.07) is 5.53. The van der Waals surface area contributed by atoms with Crippen molar-refractivity contribution in [1.29, 1.82) is 0 Å². The molecule has 8 heteroatoms. The Morgan fingerprint density at radius 3 is 2.35 bits per heavy atom. The summed E-state index contributed by atoms with van der Waals surface area (Å²) in [5.41, 5.74) is 0.971. The molecule has 23 heavy (non-hydrogen) atoms. The number of methoxy groups -OCH3 is 2. The number of rotatable bonds is 9. The van der Waals surface area contributed by atoms with Crippen LogP contribution >= 0.6 is 23.2 Å². The minimum Gasteiger partial charge on any atom is -0.493 e. The van der Waals surface area contributed by atoms with Gasteiger partial charge in [0.2, 0.25) is 5.91 Å². The summed E-state index contributed by atoms with van der Waals surface area (Å²) in [5.74, 6) is 0.688. The number of ether oxygens (including phenoxy) is 2. The molecular weight excluding hydrogens is 343 g/mol. The van der Waals surface area contributed by atoms with Gasteiger partial charge in [-0.05, 0) is 24.1 Å². The first-order chi connectivity index (χ1) is 11.0. The lowest BCUT2D eigenvalue weighted by Gasteiger charge is -2.10. The van der Waals surface area contributed by atoms with Crippen LogP contribution in [0.2, 0.25) is 0 Å². The minimum atomic E-state index is -1.10. The Kier molecular flexibility index (Phi) is 8.58. The Bertz CT molecular complexity index is 538. The van der Waals surface area contributed by atoms with Gasteiger partial charge in [-0.2, -0.15) is 0 Å². The summed E-state index contributed by atoms with van der Waals surface area (Å²) in [6.07, 6.45) is 0.904. The predicted octanol–water partition coefficient (Wildman–Crippen LogP) is 1.67. The molecule has 0 unspecified atom stereocenters. The molecule has 0 aliphatic rings. The quantitative estimate of drug-likeness (QED) is 0.517. The maximum absolute atomic E-state index is 11.7. The fourth-order valence-electron chi connectivity index (χ4n) is 1.85. The Morgan fingerprint density at radius 2 is 1.74 bits per heavy atom. The van der Waals surface area contributed by atoms with E-state index in [1.165, 1.54) is 0 Å². The van der Waals surface area contributed by atoms with Gasteiger partial charge in [0.05, 0.1) is 14.2 Å². The van der Waals surface area contributed by atoms with E-state index in [1.807, 2.05) is 12.1 Å². The van der Waals surface area contributed by atoms with E-state index in [0.29, 0.717) is 30.9 Å². The van der Waals surface area contributed by atoms with Gasteiger partial charge in [-0.3, -0.25) is 9.59 Å². The first-order valence-corrected chi connectivity index (χ1v) is 7.88. The van der Waals surface area contributed by atoms with E-state index in [9.17, 15) is 9.59 Å². The zero-order valence-electron chi connectivity index (χ0n) is 13.0. The van der Waals surface area contributed by atoms with Crippen LogP contribution in [0.4, 0.5) is 0 Å². The number of aryl methyl sites for hydroxylation is 1. The highest BCUT2D eigenvalue weighted by Gasteiger charge is 2.10. The highest BCUT2D eigenvalue weighted by molar-refractivity contribution is 6.53. The Morgan fingerprint density at radius 1 is 1.09 bits per heavy atom. The molecule has 0 atom stereocenters. The molecule has 128 valence electrons. The first-order valence-electron chi connectivity index (χ1n) is 7.01. The van der Waals surface area contributed by atoms with Crippen molar-refractivity contribution < 1.29 is 19.1 Å². The van der Waals surface area contributed by atoms with Gasteiger partial charge >= 0.3 is 0 Å². The van der Waals surface area contributed by atoms with Crippen molar-refractivity contribution in [1.82, 2.24) is 10.6 Å². The SMILES string of the molecule is COc1ccc(CCC(=O)NCCNC(=O)C(Cl)Cl)cc1OC. The lowest BCUT2D eigenvalue weighted by atomic mass is 10.1. The Balaban J connectivity index is 2.32. The van der Waals surface area contributed by atoms with E-state index in [-0.39, 0.29) is 12.5 Å². The van der Waals surface area contributed by atoms with Crippen LogP contribution in [0.5, 0.6) is 11.5 Å². The van der Waals surface area contributed by atoms with Crippen molar-refractivity contribution in [3.8, 4) is 11.5 Å². The standard InChI is InChI=1S/C15H20Cl2N2O4/c1-22-11-5-3-10(9-12(11)23-2)4-6-13(20)18-7-8-19-15(21)14(16)17/h3,5,9,14H,4,6-8H2,1-2H3,(H,18,20)(H,19,21). The van der Waals surface area contributed by atoms with E-state index in [4.69, 9.17) is 32.7 Å². The van der Waals surface area contributed by atoms with Crippen LogP contribution in [0.1, 0.15) is 12.0 Å². The fourth-order valence-corrected chi connectivity index (χ4v) is 2.00. The summed E-state index contributed by atoms with van der Waals surface area (Å²) < 4.78 is 10.4. The third kappa shape index (κ3) is 6.97. The molecule has 0 bridgehead atoms. The molecule has 6 nitrogen and oxygen atoms in total. The van der Waals surface area contributed by atoms with Crippen LogP contribution in [0.15, 0.2) is 18.2 Å². The molecule has 1 rings (SSSR count). The average molecular weight is 363 g/mol. The lowest BCUT2D eigenvalue weighted by Crippen LogP contribution is -2.36. The summed E-state index contributed by atoms with van der Waals surface area (Å²) in [4.78, 5) is 21.7. The molecule has 0 spiro atoms. The summed E-state index contributed by atoms with van der Waals surface area (Å²) >= 11 is 10.8. The number of carbonyl (C=O) groups is 2. The molecule has 1 aromatic carbocycles. The molecule has 0 aliphatic heterocycles. The van der Waals surface area contributed by atoms with Gasteiger partial charge in [0.1, 0.15) is 0 Å². The Labute approximate surface area is 145 Å². The second-order valence-corrected chi connectivity index (χ2v) is 5.73. The molecule has 0 heterocycles. The monoisotopic (exact) mass is 362 g/mol. The van der Waals surface area contributed by atoms with Crippen LogP contribution in [-0.2, 0) is 16.0 Å². The summed E-state index contributed by atoms with van der Waals surface area (Å²) in [7, 11) is 3.13. The summed E-state index contributed by atoms with van der Waals surface area (Å²) in [6.45, 7) is 0.591. The molecular formula is C15H20Cl2N2O4. The summed E-state index contributed by atoms with van der Waals surface area (Å²) in [5, 5.41) is 5.19. The predicted molar refractivity (Wildman–Crippen MR) is 89.4 cm³/mol. The van der Waals surface area contributed by atoms with Crippen LogP contribution in [0, 0.1) is 0 Å². The first kappa shape index (κ1) is 19.4. The maximum Gasteiger partial charge on any atom is 0.253 e. The second-order valence-electron chi connectivity index (χ2n) is 4.63. The highest BCUT2D eigenvalue weighted by atomic mass is 35.5. The number of hydrogen-bond acceptors (Lipinski definition) is 4. The Hall–Kier alpha value is -1.66. The van der Waals surface area contributed by atoms with Gasteiger partial charge in [0.25, 0.3) is 5.91 Å². The molecule has 2 amide bonds. The molecule has 1 aromatic rings. The van der Waals surface area contributed by atoms with E-state index in [0.717, 1.165) is 5.56 Å². The molecule has 2 N–H and O–H groups in total. The zero-order chi connectivity index (χ0) is 17.2. The van der Waals surface area contributed by atoms with Crippen molar-refractivity contribution >= 4 is 35.0 Å². The van der Waals surface area contributed by atoms with Gasteiger partial charge in [-0.1, -0.05) is 29.3 Å². The van der Waals surface area contributed by atoms with Gasteiger partial charge in [-0.15, -0.1) is 0 Å². The molecule has 0 saturated heterocycles. The zero-order valence-corrected chi connectivity index (χ0v) is 14.5. The maximum atomic E-state index is 11.7. The minimum absolute atomic E-state index is 0.109.